The predicted octanol–water partition coefficient (Wildman–Crippen LogP) is 1.07. The van der Waals surface area contributed by atoms with Gasteiger partial charge in [-0.15, -0.1) is 0 Å². The van der Waals surface area contributed by atoms with Crippen molar-refractivity contribution in [2.75, 3.05) is 18.0 Å². The minimum atomic E-state index is -0.912. The Morgan fingerprint density at radius 2 is 1.95 bits per heavy atom. The molecule has 6 nitrogen and oxygen atoms in total. The van der Waals surface area contributed by atoms with Crippen LogP contribution in [0.5, 0.6) is 0 Å². The maximum Gasteiger partial charge on any atom is 0.157 e. The summed E-state index contributed by atoms with van der Waals surface area (Å²) in [5.41, 5.74) is -0.000424. The van der Waals surface area contributed by atoms with E-state index in [0.717, 1.165) is 16.7 Å². The molecule has 0 spiro atoms. The zero-order valence-corrected chi connectivity index (χ0v) is 11.6. The Labute approximate surface area is 121 Å². The number of para-hydroxylation sites is 1. The Balaban J connectivity index is 1.67. The van der Waals surface area contributed by atoms with E-state index in [4.69, 9.17) is 0 Å². The van der Waals surface area contributed by atoms with Crippen LogP contribution in [0.4, 0.5) is 5.82 Å². The largest absolute Gasteiger partial charge is 0.378 e. The molecular formula is C15H15N5O. The molecular weight excluding hydrogens is 266 g/mol. The molecule has 106 valence electrons. The highest BCUT2D eigenvalue weighted by molar-refractivity contribution is 5.89. The second-order valence-electron chi connectivity index (χ2n) is 5.46. The van der Waals surface area contributed by atoms with Gasteiger partial charge in [-0.05, 0) is 12.1 Å². The average molecular weight is 281 g/mol. The summed E-state index contributed by atoms with van der Waals surface area (Å²) in [6.07, 6.45) is 5.11. The fourth-order valence-electron chi connectivity index (χ4n) is 2.93. The first-order valence-electron chi connectivity index (χ1n) is 6.82. The maximum atomic E-state index is 10.7. The van der Waals surface area contributed by atoms with Crippen LogP contribution in [0.15, 0.2) is 43.0 Å². The van der Waals surface area contributed by atoms with E-state index < -0.39 is 5.60 Å². The SMILES string of the molecule is Cn1ccnc1C1(O)CN(c2ncnc3ccccc23)C1. The van der Waals surface area contributed by atoms with Crippen LogP contribution in [0.2, 0.25) is 0 Å². The minimum absolute atomic E-state index is 0.485. The standard InChI is InChI=1S/C15H15N5O/c1-19-7-6-16-14(19)15(21)8-20(9-15)13-11-4-2-3-5-12(11)17-10-18-13/h2-7,10,21H,8-9H2,1H3. The first-order chi connectivity index (χ1) is 10.2. The van der Waals surface area contributed by atoms with Crippen molar-refractivity contribution in [2.24, 2.45) is 7.05 Å². The molecule has 0 aliphatic carbocycles. The molecule has 1 aliphatic rings. The minimum Gasteiger partial charge on any atom is -0.378 e. The molecule has 3 aromatic rings. The Morgan fingerprint density at radius 3 is 2.71 bits per heavy atom. The Bertz CT molecular complexity index is 801. The first-order valence-corrected chi connectivity index (χ1v) is 6.82. The number of fused-ring (bicyclic) bond motifs is 1. The lowest BCUT2D eigenvalue weighted by atomic mass is 9.92. The molecule has 4 rings (SSSR count). The van der Waals surface area contributed by atoms with Crippen LogP contribution in [0.3, 0.4) is 0 Å². The third-order valence-electron chi connectivity index (χ3n) is 3.96. The lowest BCUT2D eigenvalue weighted by Crippen LogP contribution is -2.61. The highest BCUT2D eigenvalue weighted by Gasteiger charge is 2.46. The maximum absolute atomic E-state index is 10.7. The van der Waals surface area contributed by atoms with Crippen molar-refractivity contribution in [1.82, 2.24) is 19.5 Å². The summed E-state index contributed by atoms with van der Waals surface area (Å²) < 4.78 is 1.86. The summed E-state index contributed by atoms with van der Waals surface area (Å²) in [5.74, 6) is 1.55. The van der Waals surface area contributed by atoms with Crippen molar-refractivity contribution in [3.8, 4) is 0 Å². The zero-order valence-electron chi connectivity index (χ0n) is 11.6. The molecule has 1 fully saturated rings. The average Bonchev–Trinajstić information content (AvgIpc) is 2.90. The van der Waals surface area contributed by atoms with Gasteiger partial charge in [-0.3, -0.25) is 0 Å². The highest BCUT2D eigenvalue weighted by Crippen LogP contribution is 2.35. The normalized spacial score (nSPS) is 17.0. The molecule has 0 radical (unpaired) electrons. The number of hydrogen-bond acceptors (Lipinski definition) is 5. The van der Waals surface area contributed by atoms with Crippen LogP contribution in [0, 0.1) is 0 Å². The van der Waals surface area contributed by atoms with Gasteiger partial charge in [-0.1, -0.05) is 12.1 Å². The van der Waals surface area contributed by atoms with E-state index in [2.05, 4.69) is 19.9 Å². The molecule has 1 aromatic carbocycles. The van der Waals surface area contributed by atoms with Crippen LogP contribution in [0.25, 0.3) is 10.9 Å². The third kappa shape index (κ3) is 1.80. The second-order valence-corrected chi connectivity index (χ2v) is 5.46. The van der Waals surface area contributed by atoms with Gasteiger partial charge < -0.3 is 14.6 Å². The Kier molecular flexibility index (Phi) is 2.49. The van der Waals surface area contributed by atoms with E-state index >= 15 is 0 Å². The molecule has 1 aliphatic heterocycles. The van der Waals surface area contributed by atoms with Gasteiger partial charge in [0.05, 0.1) is 18.6 Å². The van der Waals surface area contributed by atoms with E-state index in [1.165, 1.54) is 0 Å². The molecule has 3 heterocycles. The van der Waals surface area contributed by atoms with Crippen LogP contribution < -0.4 is 4.90 Å². The molecule has 0 atom stereocenters. The molecule has 0 saturated carbocycles. The summed E-state index contributed by atoms with van der Waals surface area (Å²) in [7, 11) is 1.89. The number of rotatable bonds is 2. The lowest BCUT2D eigenvalue weighted by molar-refractivity contribution is -0.00367. The van der Waals surface area contributed by atoms with E-state index in [0.29, 0.717) is 18.9 Å². The second kappa shape index (κ2) is 4.26. The van der Waals surface area contributed by atoms with Gasteiger partial charge in [0.2, 0.25) is 0 Å². The third-order valence-corrected chi connectivity index (χ3v) is 3.96. The molecule has 0 amide bonds. The molecule has 1 saturated heterocycles. The number of aromatic nitrogens is 4. The van der Waals surface area contributed by atoms with Crippen molar-refractivity contribution >= 4 is 16.7 Å². The smallest absolute Gasteiger partial charge is 0.157 e. The first kappa shape index (κ1) is 12.3. The molecule has 0 unspecified atom stereocenters. The van der Waals surface area contributed by atoms with Crippen LogP contribution in [-0.2, 0) is 12.6 Å². The van der Waals surface area contributed by atoms with Gasteiger partial charge >= 0.3 is 0 Å². The van der Waals surface area contributed by atoms with Gasteiger partial charge in [0, 0.05) is 24.8 Å². The van der Waals surface area contributed by atoms with Crippen LogP contribution in [0.1, 0.15) is 5.82 Å². The van der Waals surface area contributed by atoms with E-state index in [9.17, 15) is 5.11 Å². The number of aryl methyl sites for hydroxylation is 1. The van der Waals surface area contributed by atoms with Gasteiger partial charge in [0.25, 0.3) is 0 Å². The van der Waals surface area contributed by atoms with Gasteiger partial charge in [0.1, 0.15) is 18.0 Å². The summed E-state index contributed by atoms with van der Waals surface area (Å²) in [6.45, 7) is 0.970. The summed E-state index contributed by atoms with van der Waals surface area (Å²) in [5, 5.41) is 11.7. The predicted molar refractivity (Wildman–Crippen MR) is 78.9 cm³/mol. The van der Waals surface area contributed by atoms with Crippen molar-refractivity contribution in [1.29, 1.82) is 0 Å². The molecule has 0 bridgehead atoms. The number of β-amino-alcohol motifs (C(OH)–C–C–N with tert-alkyl or cyclic N) is 1. The van der Waals surface area contributed by atoms with Gasteiger partial charge in [-0.2, -0.15) is 0 Å². The molecule has 2 aromatic heterocycles. The number of imidazole rings is 1. The zero-order chi connectivity index (χ0) is 14.4. The number of hydrogen-bond donors (Lipinski definition) is 1. The van der Waals surface area contributed by atoms with Crippen molar-refractivity contribution in [3.05, 3.63) is 48.8 Å². The fourth-order valence-corrected chi connectivity index (χ4v) is 2.93. The number of nitrogens with zero attached hydrogens (tertiary/aromatic N) is 5. The van der Waals surface area contributed by atoms with Crippen molar-refractivity contribution in [3.63, 3.8) is 0 Å². The Morgan fingerprint density at radius 1 is 1.14 bits per heavy atom. The topological polar surface area (TPSA) is 67.1 Å². The molecule has 21 heavy (non-hydrogen) atoms. The lowest BCUT2D eigenvalue weighted by Gasteiger charge is -2.46. The summed E-state index contributed by atoms with van der Waals surface area (Å²) in [6, 6.07) is 7.90. The number of anilines is 1. The van der Waals surface area contributed by atoms with Crippen molar-refractivity contribution < 1.29 is 5.11 Å². The quantitative estimate of drug-likeness (QED) is 0.761. The Hall–Kier alpha value is -2.47. The summed E-state index contributed by atoms with van der Waals surface area (Å²) >= 11 is 0. The van der Waals surface area contributed by atoms with Crippen LogP contribution >= 0.6 is 0 Å². The van der Waals surface area contributed by atoms with E-state index in [1.807, 2.05) is 42.1 Å². The van der Waals surface area contributed by atoms with E-state index in [1.54, 1.807) is 12.5 Å². The highest BCUT2D eigenvalue weighted by atomic mass is 16.3. The molecule has 6 heteroatoms. The summed E-state index contributed by atoms with van der Waals surface area (Å²) in [4.78, 5) is 14.9. The fraction of sp³-hybridized carbons (Fsp3) is 0.267. The number of aliphatic hydroxyl groups is 1. The van der Waals surface area contributed by atoms with Gasteiger partial charge in [0.15, 0.2) is 5.60 Å². The van der Waals surface area contributed by atoms with E-state index in [-0.39, 0.29) is 0 Å². The molecule has 1 N–H and O–H groups in total. The van der Waals surface area contributed by atoms with Crippen LogP contribution in [-0.4, -0.2) is 37.7 Å². The van der Waals surface area contributed by atoms with Gasteiger partial charge in [-0.25, -0.2) is 15.0 Å². The number of benzene rings is 1. The monoisotopic (exact) mass is 281 g/mol. The van der Waals surface area contributed by atoms with Crippen molar-refractivity contribution in [2.45, 2.75) is 5.60 Å².